The summed E-state index contributed by atoms with van der Waals surface area (Å²) in [6, 6.07) is 0. The van der Waals surface area contributed by atoms with Crippen LogP contribution in [0.15, 0.2) is 4.42 Å². The van der Waals surface area contributed by atoms with E-state index in [9.17, 15) is 0 Å². The van der Waals surface area contributed by atoms with E-state index >= 15 is 0 Å². The van der Waals surface area contributed by atoms with E-state index in [0.717, 1.165) is 43.0 Å². The third-order valence-corrected chi connectivity index (χ3v) is 1.93. The Kier molecular flexibility index (Phi) is 3.32. The van der Waals surface area contributed by atoms with Crippen LogP contribution in [0.5, 0.6) is 0 Å². The van der Waals surface area contributed by atoms with Crippen molar-refractivity contribution in [2.45, 2.75) is 46.5 Å². The average molecular weight is 167 g/mol. The van der Waals surface area contributed by atoms with Crippen LogP contribution in [-0.4, -0.2) is 4.98 Å². The highest BCUT2D eigenvalue weighted by Gasteiger charge is 2.08. The first-order chi connectivity index (χ1) is 5.81. The predicted molar refractivity (Wildman–Crippen MR) is 49.3 cm³/mol. The van der Waals surface area contributed by atoms with Gasteiger partial charge in [0, 0.05) is 12.8 Å². The molecule has 0 aromatic carbocycles. The molecule has 0 fully saturated rings. The van der Waals surface area contributed by atoms with E-state index in [4.69, 9.17) is 4.42 Å². The van der Waals surface area contributed by atoms with Gasteiger partial charge in [0.25, 0.3) is 0 Å². The monoisotopic (exact) mass is 167 g/mol. The van der Waals surface area contributed by atoms with Crippen molar-refractivity contribution in [1.82, 2.24) is 4.98 Å². The summed E-state index contributed by atoms with van der Waals surface area (Å²) in [7, 11) is 0. The first-order valence-electron chi connectivity index (χ1n) is 4.79. The molecule has 1 rings (SSSR count). The Hall–Kier alpha value is -0.790. The van der Waals surface area contributed by atoms with Gasteiger partial charge < -0.3 is 4.42 Å². The number of rotatable bonds is 4. The maximum absolute atomic E-state index is 5.55. The molecule has 2 heteroatoms. The summed E-state index contributed by atoms with van der Waals surface area (Å²) in [5, 5.41) is 0. The maximum Gasteiger partial charge on any atom is 0.194 e. The highest BCUT2D eigenvalue weighted by atomic mass is 16.4. The number of nitrogens with zero attached hydrogens (tertiary/aromatic N) is 1. The van der Waals surface area contributed by atoms with Gasteiger partial charge in [-0.15, -0.1) is 0 Å². The third-order valence-electron chi connectivity index (χ3n) is 1.93. The van der Waals surface area contributed by atoms with Crippen molar-refractivity contribution >= 4 is 0 Å². The number of oxazole rings is 1. The molecule has 12 heavy (non-hydrogen) atoms. The van der Waals surface area contributed by atoms with Gasteiger partial charge in [-0.2, -0.15) is 0 Å². The highest BCUT2D eigenvalue weighted by molar-refractivity contribution is 5.10. The minimum Gasteiger partial charge on any atom is -0.445 e. The van der Waals surface area contributed by atoms with Gasteiger partial charge in [0.1, 0.15) is 5.76 Å². The topological polar surface area (TPSA) is 26.0 Å². The van der Waals surface area contributed by atoms with Crippen LogP contribution >= 0.6 is 0 Å². The fourth-order valence-electron chi connectivity index (χ4n) is 1.30. The molecule has 0 amide bonds. The zero-order valence-electron chi connectivity index (χ0n) is 8.18. The molecule has 0 unspecified atom stereocenters. The third kappa shape index (κ3) is 1.87. The molecule has 0 aliphatic rings. The van der Waals surface area contributed by atoms with Gasteiger partial charge in [-0.25, -0.2) is 4.98 Å². The summed E-state index contributed by atoms with van der Waals surface area (Å²) in [6.45, 7) is 6.35. The lowest BCUT2D eigenvalue weighted by molar-refractivity contribution is 0.462. The van der Waals surface area contributed by atoms with Gasteiger partial charge in [-0.05, 0) is 6.42 Å². The second kappa shape index (κ2) is 4.29. The van der Waals surface area contributed by atoms with Gasteiger partial charge in [0.05, 0.1) is 5.69 Å². The molecule has 0 saturated carbocycles. The van der Waals surface area contributed by atoms with Crippen LogP contribution < -0.4 is 0 Å². The average Bonchev–Trinajstić information content (AvgIpc) is 2.48. The molecule has 1 heterocycles. The van der Waals surface area contributed by atoms with E-state index in [-0.39, 0.29) is 0 Å². The minimum absolute atomic E-state index is 0.885. The molecule has 2 nitrogen and oxygen atoms in total. The Balaban J connectivity index is 2.84. The molecule has 0 aliphatic heterocycles. The van der Waals surface area contributed by atoms with E-state index in [2.05, 4.69) is 25.8 Å². The van der Waals surface area contributed by atoms with Crippen LogP contribution in [0.25, 0.3) is 0 Å². The molecule has 0 spiro atoms. The fourth-order valence-corrected chi connectivity index (χ4v) is 1.30. The Morgan fingerprint density at radius 3 is 2.42 bits per heavy atom. The zero-order chi connectivity index (χ0) is 8.97. The SMILES string of the molecule is CCCc1nc(CC)oc1CC. The molecule has 0 radical (unpaired) electrons. The molecule has 1 aromatic heterocycles. The van der Waals surface area contributed by atoms with Crippen molar-refractivity contribution in [3.05, 3.63) is 17.3 Å². The van der Waals surface area contributed by atoms with Crippen LogP contribution in [0.2, 0.25) is 0 Å². The maximum atomic E-state index is 5.55. The Bertz CT molecular complexity index is 240. The summed E-state index contributed by atoms with van der Waals surface area (Å²) < 4.78 is 5.55. The van der Waals surface area contributed by atoms with Crippen LogP contribution in [0, 0.1) is 0 Å². The van der Waals surface area contributed by atoms with Crippen LogP contribution in [0.1, 0.15) is 44.5 Å². The zero-order valence-corrected chi connectivity index (χ0v) is 8.18. The minimum atomic E-state index is 0.885. The number of hydrogen-bond acceptors (Lipinski definition) is 2. The van der Waals surface area contributed by atoms with Crippen molar-refractivity contribution in [3.8, 4) is 0 Å². The Labute approximate surface area is 74.0 Å². The molecule has 0 bridgehead atoms. The van der Waals surface area contributed by atoms with Crippen molar-refractivity contribution in [1.29, 1.82) is 0 Å². The lowest BCUT2D eigenvalue weighted by Crippen LogP contribution is -1.89. The van der Waals surface area contributed by atoms with Crippen LogP contribution in [0.4, 0.5) is 0 Å². The van der Waals surface area contributed by atoms with Crippen molar-refractivity contribution in [3.63, 3.8) is 0 Å². The summed E-state index contributed by atoms with van der Waals surface area (Å²) in [5.74, 6) is 1.96. The summed E-state index contributed by atoms with van der Waals surface area (Å²) >= 11 is 0. The second-order valence-electron chi connectivity index (χ2n) is 2.93. The first-order valence-corrected chi connectivity index (χ1v) is 4.79. The Morgan fingerprint density at radius 2 is 1.92 bits per heavy atom. The van der Waals surface area contributed by atoms with E-state index in [1.807, 2.05) is 0 Å². The van der Waals surface area contributed by atoms with Crippen molar-refractivity contribution < 1.29 is 4.42 Å². The van der Waals surface area contributed by atoms with Gasteiger partial charge in [-0.1, -0.05) is 27.2 Å². The van der Waals surface area contributed by atoms with Crippen LogP contribution in [-0.2, 0) is 19.3 Å². The molecular weight excluding hydrogens is 150 g/mol. The fraction of sp³-hybridized carbons (Fsp3) is 0.700. The molecule has 68 valence electrons. The predicted octanol–water partition coefficient (Wildman–Crippen LogP) is 2.75. The number of hydrogen-bond donors (Lipinski definition) is 0. The lowest BCUT2D eigenvalue weighted by atomic mass is 10.2. The summed E-state index contributed by atoms with van der Waals surface area (Å²) in [4.78, 5) is 4.42. The van der Waals surface area contributed by atoms with Crippen LogP contribution in [0.3, 0.4) is 0 Å². The molecule has 0 N–H and O–H groups in total. The normalized spacial score (nSPS) is 10.6. The highest BCUT2D eigenvalue weighted by Crippen LogP contribution is 2.13. The van der Waals surface area contributed by atoms with Crippen molar-refractivity contribution in [2.75, 3.05) is 0 Å². The summed E-state index contributed by atoms with van der Waals surface area (Å²) in [5.41, 5.74) is 1.16. The molecule has 0 aliphatic carbocycles. The summed E-state index contributed by atoms with van der Waals surface area (Å²) in [6.07, 6.45) is 4.05. The molecule has 0 saturated heterocycles. The second-order valence-corrected chi connectivity index (χ2v) is 2.93. The quantitative estimate of drug-likeness (QED) is 0.689. The van der Waals surface area contributed by atoms with Gasteiger partial charge in [0.15, 0.2) is 5.89 Å². The smallest absolute Gasteiger partial charge is 0.194 e. The van der Waals surface area contributed by atoms with Gasteiger partial charge >= 0.3 is 0 Å². The van der Waals surface area contributed by atoms with E-state index in [0.29, 0.717) is 0 Å². The van der Waals surface area contributed by atoms with E-state index in [1.165, 1.54) is 0 Å². The Morgan fingerprint density at radius 1 is 1.17 bits per heavy atom. The van der Waals surface area contributed by atoms with E-state index < -0.39 is 0 Å². The lowest BCUT2D eigenvalue weighted by Gasteiger charge is -1.92. The molecular formula is C10H17NO. The standard InChI is InChI=1S/C10H17NO/c1-4-7-8-9(5-2)12-10(6-3)11-8/h4-7H2,1-3H3. The van der Waals surface area contributed by atoms with Gasteiger partial charge in [-0.3, -0.25) is 0 Å². The largest absolute Gasteiger partial charge is 0.445 e. The number of aromatic nitrogens is 1. The molecule has 1 aromatic rings. The van der Waals surface area contributed by atoms with E-state index in [1.54, 1.807) is 0 Å². The van der Waals surface area contributed by atoms with Crippen molar-refractivity contribution in [2.24, 2.45) is 0 Å². The first kappa shape index (κ1) is 9.30. The van der Waals surface area contributed by atoms with Gasteiger partial charge in [0.2, 0.25) is 0 Å². The molecule has 0 atom stereocenters. The number of aryl methyl sites for hydroxylation is 3.